The average molecular weight is 264 g/mol. The number of halogens is 3. The van der Waals surface area contributed by atoms with Gasteiger partial charge >= 0.3 is 0 Å². The molecule has 0 heterocycles. The Morgan fingerprint density at radius 1 is 1.29 bits per heavy atom. The van der Waals surface area contributed by atoms with Gasteiger partial charge in [-0.1, -0.05) is 25.4 Å². The van der Waals surface area contributed by atoms with Gasteiger partial charge in [0.05, 0.1) is 12.1 Å². The van der Waals surface area contributed by atoms with Crippen LogP contribution in [0.15, 0.2) is 12.1 Å². The third-order valence-electron chi connectivity index (χ3n) is 2.70. The maximum absolute atomic E-state index is 13.7. The first-order valence-corrected chi connectivity index (χ1v) is 5.69. The van der Waals surface area contributed by atoms with Crippen LogP contribution in [-0.2, 0) is 4.74 Å². The lowest BCUT2D eigenvalue weighted by Crippen LogP contribution is -2.33. The van der Waals surface area contributed by atoms with Crippen molar-refractivity contribution in [2.75, 3.05) is 7.11 Å². The lowest BCUT2D eigenvalue weighted by Gasteiger charge is -2.27. The Balaban J connectivity index is 3.19. The van der Waals surface area contributed by atoms with Crippen molar-refractivity contribution in [2.24, 2.45) is 11.7 Å². The molecule has 1 rings (SSSR count). The third-order valence-corrected chi connectivity index (χ3v) is 3.03. The van der Waals surface area contributed by atoms with Crippen LogP contribution in [0, 0.1) is 17.6 Å². The fourth-order valence-corrected chi connectivity index (χ4v) is 2.12. The number of hydrogen-bond acceptors (Lipinski definition) is 2. The highest BCUT2D eigenvalue weighted by Gasteiger charge is 2.28. The summed E-state index contributed by atoms with van der Waals surface area (Å²) in [6.07, 6.45) is -0.427. The maximum atomic E-state index is 13.7. The van der Waals surface area contributed by atoms with Gasteiger partial charge in [-0.2, -0.15) is 0 Å². The highest BCUT2D eigenvalue weighted by Crippen LogP contribution is 2.31. The lowest BCUT2D eigenvalue weighted by atomic mass is 9.93. The van der Waals surface area contributed by atoms with E-state index in [9.17, 15) is 8.78 Å². The molecular formula is C12H16ClF2NO. The molecule has 0 aromatic heterocycles. The molecule has 0 radical (unpaired) electrons. The first-order chi connectivity index (χ1) is 7.90. The first kappa shape index (κ1) is 14.4. The van der Waals surface area contributed by atoms with Crippen molar-refractivity contribution in [2.45, 2.75) is 26.0 Å². The monoisotopic (exact) mass is 263 g/mol. The molecule has 5 heteroatoms. The van der Waals surface area contributed by atoms with Crippen LogP contribution < -0.4 is 5.73 Å². The zero-order valence-electron chi connectivity index (χ0n) is 10.0. The molecule has 0 saturated heterocycles. The zero-order valence-corrected chi connectivity index (χ0v) is 10.8. The van der Waals surface area contributed by atoms with E-state index >= 15 is 0 Å². The Bertz CT molecular complexity index is 398. The van der Waals surface area contributed by atoms with Crippen molar-refractivity contribution in [3.8, 4) is 0 Å². The number of benzene rings is 1. The van der Waals surface area contributed by atoms with Gasteiger partial charge in [0.25, 0.3) is 0 Å². The minimum Gasteiger partial charge on any atom is -0.379 e. The van der Waals surface area contributed by atoms with E-state index in [1.807, 2.05) is 13.8 Å². The minimum absolute atomic E-state index is 0.0350. The Kier molecular flexibility index (Phi) is 4.86. The van der Waals surface area contributed by atoms with Gasteiger partial charge in [0.2, 0.25) is 0 Å². The van der Waals surface area contributed by atoms with Crippen LogP contribution in [0.25, 0.3) is 0 Å². The second-order valence-corrected chi connectivity index (χ2v) is 4.63. The van der Waals surface area contributed by atoms with Crippen LogP contribution in [0.3, 0.4) is 0 Å². The van der Waals surface area contributed by atoms with E-state index in [-0.39, 0.29) is 16.5 Å². The van der Waals surface area contributed by atoms with E-state index in [0.717, 1.165) is 6.07 Å². The normalized spacial score (nSPS) is 15.1. The van der Waals surface area contributed by atoms with Crippen LogP contribution in [0.1, 0.15) is 25.5 Å². The Hall–Kier alpha value is -0.710. The number of rotatable bonds is 4. The van der Waals surface area contributed by atoms with Crippen LogP contribution in [-0.4, -0.2) is 13.2 Å². The van der Waals surface area contributed by atoms with E-state index < -0.39 is 23.8 Å². The smallest absolute Gasteiger partial charge is 0.165 e. The first-order valence-electron chi connectivity index (χ1n) is 5.31. The molecule has 2 atom stereocenters. The molecule has 0 fully saturated rings. The van der Waals surface area contributed by atoms with E-state index in [2.05, 4.69) is 0 Å². The molecule has 2 nitrogen and oxygen atoms in total. The molecule has 0 saturated carbocycles. The Morgan fingerprint density at radius 2 is 1.88 bits per heavy atom. The van der Waals surface area contributed by atoms with Gasteiger partial charge in [0.15, 0.2) is 11.6 Å². The molecule has 17 heavy (non-hydrogen) atoms. The number of hydrogen-bond donors (Lipinski definition) is 1. The van der Waals surface area contributed by atoms with E-state index in [1.54, 1.807) is 0 Å². The summed E-state index contributed by atoms with van der Waals surface area (Å²) in [7, 11) is 1.48. The minimum atomic E-state index is -1.01. The van der Waals surface area contributed by atoms with E-state index in [0.29, 0.717) is 0 Å². The molecule has 96 valence electrons. The topological polar surface area (TPSA) is 35.2 Å². The fourth-order valence-electron chi connectivity index (χ4n) is 1.85. The van der Waals surface area contributed by atoms with Crippen molar-refractivity contribution in [1.29, 1.82) is 0 Å². The standard InChI is InChI=1S/C12H16ClF2NO/c1-6(2)12(17-3)11(16)9-7(13)4-5-8(14)10(9)15/h4-6,11-12H,16H2,1-3H3. The molecule has 0 aliphatic rings. The van der Waals surface area contributed by atoms with Crippen molar-refractivity contribution < 1.29 is 13.5 Å². The summed E-state index contributed by atoms with van der Waals surface area (Å²) in [4.78, 5) is 0. The highest BCUT2D eigenvalue weighted by molar-refractivity contribution is 6.31. The maximum Gasteiger partial charge on any atom is 0.165 e. The third kappa shape index (κ3) is 2.94. The van der Waals surface area contributed by atoms with E-state index in [1.165, 1.54) is 13.2 Å². The lowest BCUT2D eigenvalue weighted by molar-refractivity contribution is 0.0427. The quantitative estimate of drug-likeness (QED) is 0.846. The van der Waals surface area contributed by atoms with Gasteiger partial charge in [0.1, 0.15) is 0 Å². The molecule has 2 N–H and O–H groups in total. The Morgan fingerprint density at radius 3 is 2.35 bits per heavy atom. The summed E-state index contributed by atoms with van der Waals surface area (Å²) >= 11 is 5.86. The molecule has 1 aromatic carbocycles. The van der Waals surface area contributed by atoms with Crippen LogP contribution in [0.4, 0.5) is 8.78 Å². The van der Waals surface area contributed by atoms with Crippen molar-refractivity contribution in [1.82, 2.24) is 0 Å². The van der Waals surface area contributed by atoms with Crippen LogP contribution >= 0.6 is 11.6 Å². The largest absolute Gasteiger partial charge is 0.379 e. The summed E-state index contributed by atoms with van der Waals surface area (Å²) in [5.41, 5.74) is 5.87. The molecule has 0 aliphatic carbocycles. The van der Waals surface area contributed by atoms with Crippen LogP contribution in [0.5, 0.6) is 0 Å². The second kappa shape index (κ2) is 5.76. The SMILES string of the molecule is COC(C(C)C)C(N)c1c(Cl)ccc(F)c1F. The van der Waals surface area contributed by atoms with Gasteiger partial charge in [-0.05, 0) is 18.1 Å². The number of methoxy groups -OCH3 is 1. The van der Waals surface area contributed by atoms with Crippen molar-refractivity contribution >= 4 is 11.6 Å². The van der Waals surface area contributed by atoms with E-state index in [4.69, 9.17) is 22.1 Å². The predicted molar refractivity (Wildman–Crippen MR) is 63.9 cm³/mol. The molecule has 0 bridgehead atoms. The molecular weight excluding hydrogens is 248 g/mol. The summed E-state index contributed by atoms with van der Waals surface area (Å²) in [5.74, 6) is -1.90. The summed E-state index contributed by atoms with van der Waals surface area (Å²) in [5, 5.41) is 0.110. The summed E-state index contributed by atoms with van der Waals surface area (Å²) < 4.78 is 32.0. The van der Waals surface area contributed by atoms with Gasteiger partial charge in [0, 0.05) is 17.7 Å². The highest BCUT2D eigenvalue weighted by atomic mass is 35.5. The van der Waals surface area contributed by atoms with Crippen LogP contribution in [0.2, 0.25) is 5.02 Å². The fraction of sp³-hybridized carbons (Fsp3) is 0.500. The molecule has 2 unspecified atom stereocenters. The van der Waals surface area contributed by atoms with Crippen molar-refractivity contribution in [3.05, 3.63) is 34.4 Å². The molecule has 0 aliphatic heterocycles. The van der Waals surface area contributed by atoms with Gasteiger partial charge in [-0.15, -0.1) is 0 Å². The van der Waals surface area contributed by atoms with Gasteiger partial charge in [-0.3, -0.25) is 0 Å². The van der Waals surface area contributed by atoms with Gasteiger partial charge < -0.3 is 10.5 Å². The van der Waals surface area contributed by atoms with Crippen molar-refractivity contribution in [3.63, 3.8) is 0 Å². The Labute approximate surface area is 105 Å². The molecule has 0 amide bonds. The predicted octanol–water partition coefficient (Wildman–Crippen LogP) is 3.29. The molecule has 1 aromatic rings. The second-order valence-electron chi connectivity index (χ2n) is 4.23. The zero-order chi connectivity index (χ0) is 13.2. The average Bonchev–Trinajstić information content (AvgIpc) is 2.24. The summed E-state index contributed by atoms with van der Waals surface area (Å²) in [6, 6.07) is 1.47. The molecule has 0 spiro atoms. The number of ether oxygens (including phenoxy) is 1. The van der Waals surface area contributed by atoms with Gasteiger partial charge in [-0.25, -0.2) is 8.78 Å². The summed E-state index contributed by atoms with van der Waals surface area (Å²) in [6.45, 7) is 3.78. The number of nitrogens with two attached hydrogens (primary N) is 1.